The van der Waals surface area contributed by atoms with Crippen LogP contribution < -0.4 is 0 Å². The first-order valence-electron chi connectivity index (χ1n) is 4.78. The summed E-state index contributed by atoms with van der Waals surface area (Å²) in [7, 11) is 1.23. The maximum Gasteiger partial charge on any atom is 0.321 e. The van der Waals surface area contributed by atoms with Crippen LogP contribution in [0.2, 0.25) is 0 Å². The first kappa shape index (κ1) is 12.2. The number of hydrogen-bond acceptors (Lipinski definition) is 4. The number of carbonyl (C=O) groups excluding carboxylic acids is 2. The van der Waals surface area contributed by atoms with Gasteiger partial charge in [0, 0.05) is 5.92 Å². The summed E-state index contributed by atoms with van der Waals surface area (Å²) in [5.74, 6) is -2.53. The molecular formula is C12H14O4. The van der Waals surface area contributed by atoms with Crippen molar-refractivity contribution in [2.45, 2.75) is 0 Å². The molecule has 1 aliphatic heterocycles. The van der Waals surface area contributed by atoms with Gasteiger partial charge >= 0.3 is 11.9 Å². The first-order valence-corrected chi connectivity index (χ1v) is 4.78. The SMILES string of the molecule is C=CC(=C)C(=C)[C@@H]1COC(=O)[C@H]1C(=O)OC. The van der Waals surface area contributed by atoms with Gasteiger partial charge < -0.3 is 9.47 Å². The molecule has 0 aliphatic carbocycles. The summed E-state index contributed by atoms with van der Waals surface area (Å²) in [5.41, 5.74) is 1.17. The van der Waals surface area contributed by atoms with E-state index in [4.69, 9.17) is 4.74 Å². The number of methoxy groups -OCH3 is 1. The van der Waals surface area contributed by atoms with Crippen LogP contribution in [-0.4, -0.2) is 25.7 Å². The lowest BCUT2D eigenvalue weighted by Crippen LogP contribution is -2.28. The van der Waals surface area contributed by atoms with Gasteiger partial charge in [-0.25, -0.2) is 0 Å². The lowest BCUT2D eigenvalue weighted by Gasteiger charge is -2.15. The van der Waals surface area contributed by atoms with Crippen molar-refractivity contribution in [2.24, 2.45) is 11.8 Å². The molecule has 1 saturated heterocycles. The normalized spacial score (nSPS) is 23.4. The number of rotatable bonds is 4. The monoisotopic (exact) mass is 222 g/mol. The number of allylic oxidation sites excluding steroid dienone is 2. The van der Waals surface area contributed by atoms with Crippen LogP contribution >= 0.6 is 0 Å². The summed E-state index contributed by atoms with van der Waals surface area (Å²) in [4.78, 5) is 22.8. The Bertz CT molecular complexity index is 367. The van der Waals surface area contributed by atoms with E-state index in [1.54, 1.807) is 0 Å². The van der Waals surface area contributed by atoms with E-state index < -0.39 is 23.8 Å². The third-order valence-corrected chi connectivity index (χ3v) is 2.62. The van der Waals surface area contributed by atoms with Crippen LogP contribution in [0.25, 0.3) is 0 Å². The van der Waals surface area contributed by atoms with E-state index in [0.717, 1.165) is 0 Å². The van der Waals surface area contributed by atoms with Crippen LogP contribution in [0.1, 0.15) is 0 Å². The second-order valence-electron chi connectivity index (χ2n) is 3.49. The zero-order valence-corrected chi connectivity index (χ0v) is 9.19. The van der Waals surface area contributed by atoms with Gasteiger partial charge in [0.25, 0.3) is 0 Å². The van der Waals surface area contributed by atoms with Crippen molar-refractivity contribution in [2.75, 3.05) is 13.7 Å². The molecule has 2 atom stereocenters. The van der Waals surface area contributed by atoms with Gasteiger partial charge in [-0.1, -0.05) is 25.8 Å². The van der Waals surface area contributed by atoms with Gasteiger partial charge in [-0.3, -0.25) is 9.59 Å². The smallest absolute Gasteiger partial charge is 0.321 e. The van der Waals surface area contributed by atoms with Crippen LogP contribution in [0.3, 0.4) is 0 Å². The van der Waals surface area contributed by atoms with Crippen molar-refractivity contribution in [1.29, 1.82) is 0 Å². The number of esters is 2. The van der Waals surface area contributed by atoms with Gasteiger partial charge in [0.1, 0.15) is 0 Å². The molecule has 16 heavy (non-hydrogen) atoms. The fourth-order valence-corrected chi connectivity index (χ4v) is 1.58. The summed E-state index contributed by atoms with van der Waals surface area (Å²) in [6.45, 7) is 11.2. The third-order valence-electron chi connectivity index (χ3n) is 2.62. The summed E-state index contributed by atoms with van der Waals surface area (Å²) in [6, 6.07) is 0. The Morgan fingerprint density at radius 3 is 2.69 bits per heavy atom. The fraction of sp³-hybridized carbons (Fsp3) is 0.333. The van der Waals surface area contributed by atoms with Crippen molar-refractivity contribution < 1.29 is 19.1 Å². The van der Waals surface area contributed by atoms with E-state index in [-0.39, 0.29) is 6.61 Å². The third kappa shape index (κ3) is 2.05. The van der Waals surface area contributed by atoms with E-state index >= 15 is 0 Å². The highest BCUT2D eigenvalue weighted by Gasteiger charge is 2.44. The molecule has 0 aromatic carbocycles. The zero-order chi connectivity index (χ0) is 12.3. The molecule has 1 fully saturated rings. The Kier molecular flexibility index (Phi) is 3.66. The second-order valence-corrected chi connectivity index (χ2v) is 3.49. The molecule has 86 valence electrons. The summed E-state index contributed by atoms with van der Waals surface area (Å²) in [5, 5.41) is 0. The van der Waals surface area contributed by atoms with Crippen LogP contribution in [0.4, 0.5) is 0 Å². The summed E-state index contributed by atoms with van der Waals surface area (Å²) in [6.07, 6.45) is 1.53. The van der Waals surface area contributed by atoms with Crippen molar-refractivity contribution in [3.63, 3.8) is 0 Å². The zero-order valence-electron chi connectivity index (χ0n) is 9.19. The highest BCUT2D eigenvalue weighted by atomic mass is 16.6. The molecule has 0 aromatic heterocycles. The Balaban J connectivity index is 2.92. The average molecular weight is 222 g/mol. The number of cyclic esters (lactones) is 1. The molecule has 0 amide bonds. The molecule has 4 nitrogen and oxygen atoms in total. The second kappa shape index (κ2) is 4.79. The molecule has 0 unspecified atom stereocenters. The van der Waals surface area contributed by atoms with E-state index in [2.05, 4.69) is 24.5 Å². The average Bonchev–Trinajstić information content (AvgIpc) is 2.68. The Morgan fingerprint density at radius 1 is 1.56 bits per heavy atom. The quantitative estimate of drug-likeness (QED) is 0.408. The van der Waals surface area contributed by atoms with Gasteiger partial charge in [0.15, 0.2) is 5.92 Å². The van der Waals surface area contributed by atoms with E-state index in [9.17, 15) is 9.59 Å². The van der Waals surface area contributed by atoms with Gasteiger partial charge in [-0.2, -0.15) is 0 Å². The number of carbonyl (C=O) groups is 2. The number of hydrogen-bond donors (Lipinski definition) is 0. The molecular weight excluding hydrogens is 208 g/mol. The van der Waals surface area contributed by atoms with Gasteiger partial charge in [0.2, 0.25) is 0 Å². The van der Waals surface area contributed by atoms with E-state index in [1.807, 2.05) is 0 Å². The molecule has 0 saturated carbocycles. The minimum Gasteiger partial charge on any atom is -0.468 e. The maximum absolute atomic E-state index is 11.4. The molecule has 4 heteroatoms. The Hall–Kier alpha value is -1.84. The van der Waals surface area contributed by atoms with Crippen molar-refractivity contribution in [3.05, 3.63) is 37.0 Å². The Morgan fingerprint density at radius 2 is 2.19 bits per heavy atom. The molecule has 0 N–H and O–H groups in total. The molecule has 1 aliphatic rings. The predicted molar refractivity (Wildman–Crippen MR) is 58.4 cm³/mol. The largest absolute Gasteiger partial charge is 0.468 e. The Labute approximate surface area is 94.2 Å². The van der Waals surface area contributed by atoms with Gasteiger partial charge in [0.05, 0.1) is 13.7 Å². The van der Waals surface area contributed by atoms with Crippen LogP contribution in [0.15, 0.2) is 37.0 Å². The first-order chi connectivity index (χ1) is 7.52. The van der Waals surface area contributed by atoms with Crippen LogP contribution in [0, 0.1) is 11.8 Å². The maximum atomic E-state index is 11.4. The predicted octanol–water partition coefficient (Wildman–Crippen LogP) is 1.25. The highest BCUT2D eigenvalue weighted by Crippen LogP contribution is 2.32. The van der Waals surface area contributed by atoms with Crippen molar-refractivity contribution >= 4 is 11.9 Å². The van der Waals surface area contributed by atoms with Crippen molar-refractivity contribution in [1.82, 2.24) is 0 Å². The van der Waals surface area contributed by atoms with Crippen LogP contribution in [-0.2, 0) is 19.1 Å². The molecule has 1 heterocycles. The topological polar surface area (TPSA) is 52.6 Å². The molecule has 0 aromatic rings. The minimum absolute atomic E-state index is 0.129. The standard InChI is InChI=1S/C12H14O4/c1-5-7(2)8(3)9-6-16-12(14)10(9)11(13)15-4/h5,9-10H,1-3,6H2,4H3/t9-,10+/m0/s1. The van der Waals surface area contributed by atoms with E-state index in [0.29, 0.717) is 11.1 Å². The molecule has 0 bridgehead atoms. The van der Waals surface area contributed by atoms with Crippen LogP contribution in [0.5, 0.6) is 0 Å². The van der Waals surface area contributed by atoms with Gasteiger partial charge in [-0.05, 0) is 11.1 Å². The summed E-state index contributed by atoms with van der Waals surface area (Å²) >= 11 is 0. The fourth-order valence-electron chi connectivity index (χ4n) is 1.58. The van der Waals surface area contributed by atoms with E-state index in [1.165, 1.54) is 13.2 Å². The molecule has 1 rings (SSSR count). The molecule has 0 spiro atoms. The number of ether oxygens (including phenoxy) is 2. The highest BCUT2D eigenvalue weighted by molar-refractivity contribution is 5.97. The lowest BCUT2D eigenvalue weighted by molar-refractivity contribution is -0.154. The lowest BCUT2D eigenvalue weighted by atomic mass is 9.85. The molecule has 0 radical (unpaired) electrons. The van der Waals surface area contributed by atoms with Gasteiger partial charge in [-0.15, -0.1) is 0 Å². The van der Waals surface area contributed by atoms with Crippen molar-refractivity contribution in [3.8, 4) is 0 Å². The minimum atomic E-state index is -0.936. The summed E-state index contributed by atoms with van der Waals surface area (Å²) < 4.78 is 9.40.